The van der Waals surface area contributed by atoms with Crippen LogP contribution in [0.25, 0.3) is 0 Å². The molecule has 1 aromatic carbocycles. The number of aromatic amines is 1. The summed E-state index contributed by atoms with van der Waals surface area (Å²) < 4.78 is 28.1. The van der Waals surface area contributed by atoms with Crippen molar-refractivity contribution in [3.63, 3.8) is 0 Å². The smallest absolute Gasteiger partial charge is 0.263 e. The quantitative estimate of drug-likeness (QED) is 0.911. The molecule has 21 heavy (non-hydrogen) atoms. The van der Waals surface area contributed by atoms with E-state index in [1.807, 2.05) is 40.7 Å². The molecule has 0 saturated heterocycles. The first-order chi connectivity index (χ1) is 9.77. The molecule has 0 amide bonds. The Labute approximate surface area is 125 Å². The summed E-state index contributed by atoms with van der Waals surface area (Å²) >= 11 is 0. The number of benzene rings is 1. The monoisotopic (exact) mass is 307 g/mol. The number of sulfonamides is 1. The van der Waals surface area contributed by atoms with Crippen molar-refractivity contribution in [3.05, 3.63) is 40.1 Å². The van der Waals surface area contributed by atoms with Crippen molar-refractivity contribution < 1.29 is 8.42 Å². The van der Waals surface area contributed by atoms with Gasteiger partial charge in [0, 0.05) is 5.56 Å². The van der Waals surface area contributed by atoms with Gasteiger partial charge in [0.2, 0.25) is 0 Å². The molecule has 2 aromatic rings. The van der Waals surface area contributed by atoms with Crippen LogP contribution in [0.2, 0.25) is 0 Å². The molecule has 0 atom stereocenters. The van der Waals surface area contributed by atoms with Gasteiger partial charge < -0.3 is 0 Å². The summed E-state index contributed by atoms with van der Waals surface area (Å²) in [5.41, 5.74) is 4.35. The number of aryl methyl sites for hydroxylation is 3. The van der Waals surface area contributed by atoms with E-state index >= 15 is 0 Å². The molecule has 0 fully saturated rings. The molecule has 6 heteroatoms. The molecule has 0 radical (unpaired) electrons. The summed E-state index contributed by atoms with van der Waals surface area (Å²) in [5.74, 6) is 0.440. The maximum Gasteiger partial charge on any atom is 0.263 e. The lowest BCUT2D eigenvalue weighted by Crippen LogP contribution is -2.18. The van der Waals surface area contributed by atoms with E-state index in [2.05, 4.69) is 14.9 Å². The minimum absolute atomic E-state index is 0.358. The Bertz CT molecular complexity index is 750. The van der Waals surface area contributed by atoms with Crippen LogP contribution in [0.15, 0.2) is 17.2 Å². The van der Waals surface area contributed by atoms with E-state index in [1.54, 1.807) is 6.20 Å². The third kappa shape index (κ3) is 2.81. The third-order valence-corrected chi connectivity index (χ3v) is 5.52. The molecule has 2 rings (SSSR count). The molecule has 0 saturated carbocycles. The SMILES string of the molecule is CCc1cn[nH]c1NS(=O)(=O)c1c(C)c(C)cc(C)c1C. The van der Waals surface area contributed by atoms with Crippen LogP contribution in [0.3, 0.4) is 0 Å². The predicted molar refractivity (Wildman–Crippen MR) is 84.2 cm³/mol. The van der Waals surface area contributed by atoms with E-state index in [1.165, 1.54) is 0 Å². The van der Waals surface area contributed by atoms with E-state index in [9.17, 15) is 8.42 Å². The normalized spacial score (nSPS) is 11.7. The van der Waals surface area contributed by atoms with Crippen molar-refractivity contribution in [2.45, 2.75) is 45.9 Å². The highest BCUT2D eigenvalue weighted by Gasteiger charge is 2.23. The van der Waals surface area contributed by atoms with Crippen LogP contribution in [-0.4, -0.2) is 18.6 Å². The van der Waals surface area contributed by atoms with Crippen LogP contribution < -0.4 is 4.72 Å². The molecule has 0 aliphatic heterocycles. The fourth-order valence-corrected chi connectivity index (χ4v) is 4.11. The van der Waals surface area contributed by atoms with E-state index in [0.717, 1.165) is 27.8 Å². The topological polar surface area (TPSA) is 74.8 Å². The molecule has 0 aliphatic carbocycles. The number of H-pyrrole nitrogens is 1. The Morgan fingerprint density at radius 3 is 2.24 bits per heavy atom. The van der Waals surface area contributed by atoms with Crippen LogP contribution in [0.4, 0.5) is 5.82 Å². The molecule has 5 nitrogen and oxygen atoms in total. The molecular weight excluding hydrogens is 286 g/mol. The Morgan fingerprint density at radius 2 is 1.71 bits per heavy atom. The summed E-state index contributed by atoms with van der Waals surface area (Å²) in [7, 11) is -3.64. The molecule has 0 bridgehead atoms. The summed E-state index contributed by atoms with van der Waals surface area (Å²) in [6, 6.07) is 2.01. The highest BCUT2D eigenvalue weighted by atomic mass is 32.2. The van der Waals surface area contributed by atoms with Crippen LogP contribution in [-0.2, 0) is 16.4 Å². The van der Waals surface area contributed by atoms with Gasteiger partial charge in [0.1, 0.15) is 5.82 Å². The van der Waals surface area contributed by atoms with Gasteiger partial charge >= 0.3 is 0 Å². The molecule has 0 spiro atoms. The van der Waals surface area contributed by atoms with Gasteiger partial charge in [0.25, 0.3) is 10.0 Å². The van der Waals surface area contributed by atoms with Crippen molar-refractivity contribution >= 4 is 15.8 Å². The van der Waals surface area contributed by atoms with Gasteiger partial charge in [-0.25, -0.2) is 8.42 Å². The third-order valence-electron chi connectivity index (χ3n) is 3.90. The van der Waals surface area contributed by atoms with Crippen molar-refractivity contribution in [2.24, 2.45) is 0 Å². The van der Waals surface area contributed by atoms with E-state index in [0.29, 0.717) is 17.1 Å². The zero-order valence-electron chi connectivity index (χ0n) is 13.0. The molecule has 2 N–H and O–H groups in total. The average molecular weight is 307 g/mol. The van der Waals surface area contributed by atoms with Crippen LogP contribution in [0, 0.1) is 27.7 Å². The lowest BCUT2D eigenvalue weighted by atomic mass is 10.0. The number of nitrogens with zero attached hydrogens (tertiary/aromatic N) is 1. The molecule has 1 heterocycles. The Balaban J connectivity index is 2.55. The van der Waals surface area contributed by atoms with E-state index in [4.69, 9.17) is 0 Å². The number of hydrogen-bond acceptors (Lipinski definition) is 3. The summed E-state index contributed by atoms with van der Waals surface area (Å²) in [6.07, 6.45) is 2.35. The first-order valence-corrected chi connectivity index (χ1v) is 8.38. The van der Waals surface area contributed by atoms with Gasteiger partial charge in [-0.15, -0.1) is 0 Å². The summed E-state index contributed by atoms with van der Waals surface area (Å²) in [5, 5.41) is 6.61. The number of hydrogen-bond donors (Lipinski definition) is 2. The zero-order chi connectivity index (χ0) is 15.8. The van der Waals surface area contributed by atoms with Gasteiger partial charge in [0.05, 0.1) is 11.1 Å². The highest BCUT2D eigenvalue weighted by molar-refractivity contribution is 7.92. The average Bonchev–Trinajstić information content (AvgIpc) is 2.82. The van der Waals surface area contributed by atoms with Crippen LogP contribution >= 0.6 is 0 Å². The fourth-order valence-electron chi connectivity index (χ4n) is 2.44. The minimum Gasteiger partial charge on any atom is -0.263 e. The minimum atomic E-state index is -3.64. The zero-order valence-corrected chi connectivity index (χ0v) is 13.9. The van der Waals surface area contributed by atoms with E-state index in [-0.39, 0.29) is 0 Å². The Morgan fingerprint density at radius 1 is 1.14 bits per heavy atom. The van der Waals surface area contributed by atoms with Crippen LogP contribution in [0.5, 0.6) is 0 Å². The van der Waals surface area contributed by atoms with Gasteiger partial charge in [-0.3, -0.25) is 9.82 Å². The molecule has 114 valence electrons. The second kappa shape index (κ2) is 5.52. The first-order valence-electron chi connectivity index (χ1n) is 6.90. The number of rotatable bonds is 4. The lowest BCUT2D eigenvalue weighted by Gasteiger charge is -2.16. The number of anilines is 1. The van der Waals surface area contributed by atoms with Gasteiger partial charge in [-0.05, 0) is 56.4 Å². The van der Waals surface area contributed by atoms with Crippen molar-refractivity contribution in [1.29, 1.82) is 0 Å². The van der Waals surface area contributed by atoms with Crippen molar-refractivity contribution in [1.82, 2.24) is 10.2 Å². The molecule has 0 unspecified atom stereocenters. The maximum absolute atomic E-state index is 12.8. The number of nitrogens with one attached hydrogen (secondary N) is 2. The molecule has 0 aliphatic rings. The van der Waals surface area contributed by atoms with Crippen molar-refractivity contribution in [2.75, 3.05) is 4.72 Å². The molecule has 1 aromatic heterocycles. The first kappa shape index (κ1) is 15.6. The van der Waals surface area contributed by atoms with Crippen LogP contribution in [0.1, 0.15) is 34.7 Å². The molecular formula is C15H21N3O2S. The van der Waals surface area contributed by atoms with Gasteiger partial charge in [-0.2, -0.15) is 5.10 Å². The largest absolute Gasteiger partial charge is 0.263 e. The second-order valence-electron chi connectivity index (χ2n) is 5.32. The maximum atomic E-state index is 12.8. The second-order valence-corrected chi connectivity index (χ2v) is 6.94. The van der Waals surface area contributed by atoms with E-state index < -0.39 is 10.0 Å². The van der Waals surface area contributed by atoms with Gasteiger partial charge in [-0.1, -0.05) is 13.0 Å². The fraction of sp³-hybridized carbons (Fsp3) is 0.400. The number of aromatic nitrogens is 2. The summed E-state index contributed by atoms with van der Waals surface area (Å²) in [6.45, 7) is 9.48. The van der Waals surface area contributed by atoms with Crippen molar-refractivity contribution in [3.8, 4) is 0 Å². The van der Waals surface area contributed by atoms with Gasteiger partial charge in [0.15, 0.2) is 0 Å². The summed E-state index contributed by atoms with van der Waals surface area (Å²) in [4.78, 5) is 0.358. The standard InChI is InChI=1S/C15H21N3O2S/c1-6-13-8-16-17-15(13)18-21(19,20)14-11(4)9(2)7-10(3)12(14)5/h7-8H,6H2,1-5H3,(H2,16,17,18). The lowest BCUT2D eigenvalue weighted by molar-refractivity contribution is 0.599. The Kier molecular flexibility index (Phi) is 4.09. The predicted octanol–water partition coefficient (Wildman–Crippen LogP) is 3.01. The Hall–Kier alpha value is -1.82. The highest BCUT2D eigenvalue weighted by Crippen LogP contribution is 2.28.